The van der Waals surface area contributed by atoms with Crippen LogP contribution in [0.5, 0.6) is 0 Å². The largest absolute Gasteiger partial charge is 0.393 e. The average Bonchev–Trinajstić information content (AvgIpc) is 2.88. The average molecular weight is 280 g/mol. The summed E-state index contributed by atoms with van der Waals surface area (Å²) in [5.41, 5.74) is -0.356. The molecule has 0 atom stereocenters. The van der Waals surface area contributed by atoms with Gasteiger partial charge in [0.25, 0.3) is 0 Å². The Hall–Kier alpha value is -0.940. The molecule has 3 rings (SSSR count). The molecule has 2 saturated carbocycles. The van der Waals surface area contributed by atoms with Gasteiger partial charge in [0.1, 0.15) is 5.60 Å². The SMILES string of the molecule is CCOC1(c2noc(C3CC(O)C3)n2)CCC(C)CC1. The molecule has 5 heteroatoms. The van der Waals surface area contributed by atoms with E-state index in [0.29, 0.717) is 18.3 Å². The van der Waals surface area contributed by atoms with E-state index in [2.05, 4.69) is 17.1 Å². The van der Waals surface area contributed by atoms with Crippen molar-refractivity contribution < 1.29 is 14.4 Å². The summed E-state index contributed by atoms with van der Waals surface area (Å²) in [4.78, 5) is 4.59. The normalized spacial score (nSPS) is 37.6. The molecule has 1 N–H and O–H groups in total. The van der Waals surface area contributed by atoms with E-state index in [1.807, 2.05) is 6.92 Å². The molecule has 0 bridgehead atoms. The van der Waals surface area contributed by atoms with Crippen molar-refractivity contribution in [1.29, 1.82) is 0 Å². The van der Waals surface area contributed by atoms with Gasteiger partial charge in [-0.25, -0.2) is 0 Å². The first-order chi connectivity index (χ1) is 9.63. The zero-order valence-electron chi connectivity index (χ0n) is 12.3. The highest BCUT2D eigenvalue weighted by Gasteiger charge is 2.42. The fourth-order valence-corrected chi connectivity index (χ4v) is 3.31. The lowest BCUT2D eigenvalue weighted by molar-refractivity contribution is -0.0847. The lowest BCUT2D eigenvalue weighted by atomic mass is 9.78. The van der Waals surface area contributed by atoms with Crippen LogP contribution >= 0.6 is 0 Å². The molecule has 0 aromatic carbocycles. The number of aliphatic hydroxyl groups excluding tert-OH is 1. The molecule has 0 aliphatic heterocycles. The van der Waals surface area contributed by atoms with E-state index >= 15 is 0 Å². The van der Waals surface area contributed by atoms with Gasteiger partial charge in [0.2, 0.25) is 11.7 Å². The Kier molecular flexibility index (Phi) is 3.82. The molecule has 2 aliphatic rings. The summed E-state index contributed by atoms with van der Waals surface area (Å²) in [5.74, 6) is 2.36. The van der Waals surface area contributed by atoms with Gasteiger partial charge in [-0.3, -0.25) is 0 Å². The van der Waals surface area contributed by atoms with Crippen LogP contribution in [-0.4, -0.2) is 28.0 Å². The number of hydrogen-bond acceptors (Lipinski definition) is 5. The van der Waals surface area contributed by atoms with Crippen LogP contribution in [0.25, 0.3) is 0 Å². The summed E-state index contributed by atoms with van der Waals surface area (Å²) in [6.07, 6.45) is 5.49. The van der Waals surface area contributed by atoms with Crippen molar-refractivity contribution in [2.45, 2.75) is 70.0 Å². The smallest absolute Gasteiger partial charge is 0.230 e. The second-order valence-electron chi connectivity index (χ2n) is 6.39. The summed E-state index contributed by atoms with van der Waals surface area (Å²) in [6, 6.07) is 0. The molecule has 5 nitrogen and oxygen atoms in total. The monoisotopic (exact) mass is 280 g/mol. The topological polar surface area (TPSA) is 68.4 Å². The molecular formula is C15H24N2O3. The van der Waals surface area contributed by atoms with E-state index in [-0.39, 0.29) is 17.6 Å². The molecule has 2 aliphatic carbocycles. The van der Waals surface area contributed by atoms with E-state index in [1.54, 1.807) is 0 Å². The highest BCUT2D eigenvalue weighted by atomic mass is 16.5. The molecule has 0 amide bonds. The van der Waals surface area contributed by atoms with E-state index < -0.39 is 0 Å². The van der Waals surface area contributed by atoms with Gasteiger partial charge in [-0.05, 0) is 51.4 Å². The third-order valence-corrected chi connectivity index (χ3v) is 4.81. The van der Waals surface area contributed by atoms with Crippen molar-refractivity contribution in [3.63, 3.8) is 0 Å². The maximum atomic E-state index is 9.38. The second-order valence-corrected chi connectivity index (χ2v) is 6.39. The molecule has 1 heterocycles. The molecule has 2 fully saturated rings. The minimum atomic E-state index is -0.356. The molecule has 112 valence electrons. The first kappa shape index (κ1) is 14.0. The van der Waals surface area contributed by atoms with Gasteiger partial charge in [-0.15, -0.1) is 0 Å². The summed E-state index contributed by atoms with van der Waals surface area (Å²) in [7, 11) is 0. The van der Waals surface area contributed by atoms with Crippen molar-refractivity contribution in [2.24, 2.45) is 5.92 Å². The van der Waals surface area contributed by atoms with Gasteiger partial charge < -0.3 is 14.4 Å². The molecule has 0 radical (unpaired) electrons. The minimum absolute atomic E-state index is 0.202. The van der Waals surface area contributed by atoms with E-state index in [0.717, 1.165) is 44.4 Å². The second kappa shape index (κ2) is 5.45. The Balaban J connectivity index is 1.77. The predicted octanol–water partition coefficient (Wildman–Crippen LogP) is 2.75. The van der Waals surface area contributed by atoms with Crippen LogP contribution in [0.2, 0.25) is 0 Å². The van der Waals surface area contributed by atoms with Gasteiger partial charge in [0, 0.05) is 12.5 Å². The molecule has 20 heavy (non-hydrogen) atoms. The van der Waals surface area contributed by atoms with E-state index in [1.165, 1.54) is 0 Å². The van der Waals surface area contributed by atoms with Crippen molar-refractivity contribution >= 4 is 0 Å². The third-order valence-electron chi connectivity index (χ3n) is 4.81. The van der Waals surface area contributed by atoms with Crippen LogP contribution in [0.1, 0.15) is 70.0 Å². The zero-order chi connectivity index (χ0) is 14.2. The fraction of sp³-hybridized carbons (Fsp3) is 0.867. The van der Waals surface area contributed by atoms with Gasteiger partial charge in [0.05, 0.1) is 6.10 Å². The van der Waals surface area contributed by atoms with Crippen molar-refractivity contribution in [1.82, 2.24) is 10.1 Å². The lowest BCUT2D eigenvalue weighted by Crippen LogP contribution is -2.35. The van der Waals surface area contributed by atoms with Crippen LogP contribution in [0.15, 0.2) is 4.52 Å². The summed E-state index contributed by atoms with van der Waals surface area (Å²) in [6.45, 7) is 4.97. The Morgan fingerprint density at radius 2 is 2.05 bits per heavy atom. The van der Waals surface area contributed by atoms with Gasteiger partial charge in [-0.1, -0.05) is 12.1 Å². The van der Waals surface area contributed by atoms with Gasteiger partial charge >= 0.3 is 0 Å². The Morgan fingerprint density at radius 1 is 1.35 bits per heavy atom. The zero-order valence-corrected chi connectivity index (χ0v) is 12.3. The van der Waals surface area contributed by atoms with Crippen molar-refractivity contribution in [3.8, 4) is 0 Å². The lowest BCUT2D eigenvalue weighted by Gasteiger charge is -2.36. The number of aromatic nitrogens is 2. The maximum Gasteiger partial charge on any atom is 0.230 e. The number of rotatable bonds is 4. The van der Waals surface area contributed by atoms with Crippen molar-refractivity contribution in [2.75, 3.05) is 6.61 Å². The third kappa shape index (κ3) is 2.49. The molecular weight excluding hydrogens is 256 g/mol. The Bertz CT molecular complexity index is 446. The Labute approximate surface area is 119 Å². The van der Waals surface area contributed by atoms with Gasteiger partial charge in [-0.2, -0.15) is 4.98 Å². The molecule has 1 aromatic heterocycles. The maximum absolute atomic E-state index is 9.38. The van der Waals surface area contributed by atoms with Crippen molar-refractivity contribution in [3.05, 3.63) is 11.7 Å². The van der Waals surface area contributed by atoms with Crippen LogP contribution in [0, 0.1) is 5.92 Å². The first-order valence-corrected chi connectivity index (χ1v) is 7.79. The quantitative estimate of drug-likeness (QED) is 0.918. The molecule has 0 unspecified atom stereocenters. The number of aliphatic hydroxyl groups is 1. The highest BCUT2D eigenvalue weighted by Crippen LogP contribution is 2.42. The minimum Gasteiger partial charge on any atom is -0.393 e. The molecule has 1 aromatic rings. The fourth-order valence-electron chi connectivity index (χ4n) is 3.31. The summed E-state index contributed by atoms with van der Waals surface area (Å²) < 4.78 is 11.5. The molecule has 0 saturated heterocycles. The number of nitrogens with zero attached hydrogens (tertiary/aromatic N) is 2. The van der Waals surface area contributed by atoms with E-state index in [4.69, 9.17) is 9.26 Å². The first-order valence-electron chi connectivity index (χ1n) is 7.79. The van der Waals surface area contributed by atoms with E-state index in [9.17, 15) is 5.11 Å². The summed E-state index contributed by atoms with van der Waals surface area (Å²) >= 11 is 0. The van der Waals surface area contributed by atoms with Crippen LogP contribution < -0.4 is 0 Å². The Morgan fingerprint density at radius 3 is 2.65 bits per heavy atom. The molecule has 0 spiro atoms. The standard InChI is InChI=1S/C15H24N2O3/c1-3-19-15(6-4-10(2)5-7-15)14-16-13(20-17-14)11-8-12(18)9-11/h10-12,18H,3-9H2,1-2H3. The number of hydrogen-bond donors (Lipinski definition) is 1. The van der Waals surface area contributed by atoms with Crippen LogP contribution in [0.4, 0.5) is 0 Å². The predicted molar refractivity (Wildman–Crippen MR) is 73.2 cm³/mol. The van der Waals surface area contributed by atoms with Crippen LogP contribution in [0.3, 0.4) is 0 Å². The number of ether oxygens (including phenoxy) is 1. The summed E-state index contributed by atoms with van der Waals surface area (Å²) in [5, 5.41) is 13.6. The van der Waals surface area contributed by atoms with Gasteiger partial charge in [0.15, 0.2) is 0 Å². The highest BCUT2D eigenvalue weighted by molar-refractivity contribution is 5.08. The van der Waals surface area contributed by atoms with Crippen LogP contribution in [-0.2, 0) is 10.3 Å².